The van der Waals surface area contributed by atoms with E-state index in [0.717, 1.165) is 32.3 Å². The Labute approximate surface area is 74.9 Å². The molecule has 2 nitrogen and oxygen atoms in total. The molecule has 1 saturated heterocycles. The summed E-state index contributed by atoms with van der Waals surface area (Å²) in [4.78, 5) is 0. The third-order valence-electron chi connectivity index (χ3n) is 2.43. The summed E-state index contributed by atoms with van der Waals surface area (Å²) in [5, 5.41) is 9.52. The maximum Gasteiger partial charge on any atom is 0.0599 e. The molecule has 0 bridgehead atoms. The van der Waals surface area contributed by atoms with Crippen LogP contribution >= 0.6 is 0 Å². The molecular weight excluding hydrogens is 152 g/mol. The molecule has 2 unspecified atom stereocenters. The van der Waals surface area contributed by atoms with Crippen molar-refractivity contribution >= 4 is 0 Å². The highest BCUT2D eigenvalue weighted by Crippen LogP contribution is 2.18. The summed E-state index contributed by atoms with van der Waals surface area (Å²) in [5.74, 6) is 0. The van der Waals surface area contributed by atoms with E-state index >= 15 is 0 Å². The van der Waals surface area contributed by atoms with Gasteiger partial charge in [-0.05, 0) is 32.1 Å². The standard InChI is InChI=1S/C10H20O2/c1-2-5-9(11)8-10-6-3-4-7-12-10/h9-11H,2-8H2,1H3. The molecule has 12 heavy (non-hydrogen) atoms. The minimum absolute atomic E-state index is 0.141. The number of ether oxygens (including phenoxy) is 1. The summed E-state index contributed by atoms with van der Waals surface area (Å²) < 4.78 is 5.53. The molecule has 72 valence electrons. The van der Waals surface area contributed by atoms with Crippen molar-refractivity contribution in [1.82, 2.24) is 0 Å². The van der Waals surface area contributed by atoms with E-state index in [1.165, 1.54) is 12.8 Å². The Morgan fingerprint density at radius 1 is 1.50 bits per heavy atom. The summed E-state index contributed by atoms with van der Waals surface area (Å²) >= 11 is 0. The van der Waals surface area contributed by atoms with Crippen LogP contribution in [0.25, 0.3) is 0 Å². The number of hydrogen-bond acceptors (Lipinski definition) is 2. The van der Waals surface area contributed by atoms with Crippen LogP contribution in [0.1, 0.15) is 45.4 Å². The van der Waals surface area contributed by atoms with Gasteiger partial charge in [0.1, 0.15) is 0 Å². The van der Waals surface area contributed by atoms with Crippen LogP contribution in [-0.4, -0.2) is 23.9 Å². The zero-order valence-electron chi connectivity index (χ0n) is 7.96. The van der Waals surface area contributed by atoms with Crippen LogP contribution in [0.3, 0.4) is 0 Å². The lowest BCUT2D eigenvalue weighted by Gasteiger charge is -2.24. The first kappa shape index (κ1) is 10.0. The molecule has 0 saturated carbocycles. The molecule has 1 fully saturated rings. The Hall–Kier alpha value is -0.0800. The number of hydrogen-bond donors (Lipinski definition) is 1. The van der Waals surface area contributed by atoms with Gasteiger partial charge in [0.25, 0.3) is 0 Å². The van der Waals surface area contributed by atoms with Crippen LogP contribution in [0.2, 0.25) is 0 Å². The fourth-order valence-electron chi connectivity index (χ4n) is 1.75. The molecule has 1 heterocycles. The molecule has 1 N–H and O–H groups in total. The zero-order valence-corrected chi connectivity index (χ0v) is 7.96. The Balaban J connectivity index is 2.11. The van der Waals surface area contributed by atoms with Gasteiger partial charge in [0, 0.05) is 6.61 Å². The van der Waals surface area contributed by atoms with Gasteiger partial charge >= 0.3 is 0 Å². The normalized spacial score (nSPS) is 27.0. The van der Waals surface area contributed by atoms with E-state index in [1.807, 2.05) is 0 Å². The molecule has 0 aliphatic carbocycles. The molecule has 1 aliphatic heterocycles. The van der Waals surface area contributed by atoms with E-state index in [2.05, 4.69) is 6.92 Å². The summed E-state index contributed by atoms with van der Waals surface area (Å²) in [6.07, 6.45) is 6.62. The summed E-state index contributed by atoms with van der Waals surface area (Å²) in [6.45, 7) is 2.99. The molecule has 0 aromatic heterocycles. The molecule has 2 atom stereocenters. The van der Waals surface area contributed by atoms with Crippen molar-refractivity contribution in [2.75, 3.05) is 6.61 Å². The van der Waals surface area contributed by atoms with Crippen LogP contribution in [-0.2, 0) is 4.74 Å². The topological polar surface area (TPSA) is 29.5 Å². The van der Waals surface area contributed by atoms with Gasteiger partial charge < -0.3 is 9.84 Å². The summed E-state index contributed by atoms with van der Waals surface area (Å²) in [7, 11) is 0. The fraction of sp³-hybridized carbons (Fsp3) is 1.00. The Morgan fingerprint density at radius 3 is 2.92 bits per heavy atom. The molecule has 1 rings (SSSR count). The number of aliphatic hydroxyl groups is 1. The van der Waals surface area contributed by atoms with Gasteiger partial charge in [0.15, 0.2) is 0 Å². The van der Waals surface area contributed by atoms with Gasteiger partial charge in [-0.25, -0.2) is 0 Å². The molecule has 0 radical (unpaired) electrons. The lowest BCUT2D eigenvalue weighted by molar-refractivity contribution is -0.0164. The van der Waals surface area contributed by atoms with E-state index in [0.29, 0.717) is 6.10 Å². The molecule has 0 spiro atoms. The highest BCUT2D eigenvalue weighted by molar-refractivity contribution is 4.68. The number of rotatable bonds is 4. The van der Waals surface area contributed by atoms with E-state index in [9.17, 15) is 5.11 Å². The third-order valence-corrected chi connectivity index (χ3v) is 2.43. The smallest absolute Gasteiger partial charge is 0.0599 e. The molecule has 2 heteroatoms. The first-order chi connectivity index (χ1) is 5.83. The maximum atomic E-state index is 9.52. The SMILES string of the molecule is CCCC(O)CC1CCCCO1. The maximum absolute atomic E-state index is 9.52. The number of aliphatic hydroxyl groups excluding tert-OH is 1. The monoisotopic (exact) mass is 172 g/mol. The van der Waals surface area contributed by atoms with E-state index in [1.54, 1.807) is 0 Å². The highest BCUT2D eigenvalue weighted by atomic mass is 16.5. The Bertz CT molecular complexity index is 108. The molecule has 0 aromatic rings. The van der Waals surface area contributed by atoms with Crippen molar-refractivity contribution in [2.24, 2.45) is 0 Å². The van der Waals surface area contributed by atoms with Crippen molar-refractivity contribution in [3.05, 3.63) is 0 Å². The second-order valence-electron chi connectivity index (χ2n) is 3.67. The van der Waals surface area contributed by atoms with Crippen molar-refractivity contribution in [1.29, 1.82) is 0 Å². The lowest BCUT2D eigenvalue weighted by atomic mass is 10.0. The van der Waals surface area contributed by atoms with Crippen LogP contribution in [0.4, 0.5) is 0 Å². The van der Waals surface area contributed by atoms with Crippen LogP contribution in [0.15, 0.2) is 0 Å². The minimum Gasteiger partial charge on any atom is -0.393 e. The molecule has 0 aromatic carbocycles. The van der Waals surface area contributed by atoms with Crippen LogP contribution in [0.5, 0.6) is 0 Å². The van der Waals surface area contributed by atoms with Crippen molar-refractivity contribution in [2.45, 2.75) is 57.7 Å². The van der Waals surface area contributed by atoms with Gasteiger partial charge in [-0.3, -0.25) is 0 Å². The van der Waals surface area contributed by atoms with Gasteiger partial charge in [-0.1, -0.05) is 13.3 Å². The predicted molar refractivity (Wildman–Crippen MR) is 49.1 cm³/mol. The van der Waals surface area contributed by atoms with E-state index in [-0.39, 0.29) is 6.10 Å². The van der Waals surface area contributed by atoms with Crippen LogP contribution < -0.4 is 0 Å². The van der Waals surface area contributed by atoms with Gasteiger partial charge in [0.05, 0.1) is 12.2 Å². The quantitative estimate of drug-likeness (QED) is 0.703. The molecular formula is C10H20O2. The first-order valence-electron chi connectivity index (χ1n) is 5.12. The molecule has 1 aliphatic rings. The highest BCUT2D eigenvalue weighted by Gasteiger charge is 2.17. The first-order valence-corrected chi connectivity index (χ1v) is 5.12. The average molecular weight is 172 g/mol. The van der Waals surface area contributed by atoms with Gasteiger partial charge in [0.2, 0.25) is 0 Å². The van der Waals surface area contributed by atoms with Gasteiger partial charge in [-0.15, -0.1) is 0 Å². The average Bonchev–Trinajstić information content (AvgIpc) is 2.06. The Kier molecular flexibility index (Phi) is 4.62. The largest absolute Gasteiger partial charge is 0.393 e. The second-order valence-corrected chi connectivity index (χ2v) is 3.67. The lowest BCUT2D eigenvalue weighted by Crippen LogP contribution is -2.24. The van der Waals surface area contributed by atoms with Crippen molar-refractivity contribution in [3.8, 4) is 0 Å². The van der Waals surface area contributed by atoms with Gasteiger partial charge in [-0.2, -0.15) is 0 Å². The zero-order chi connectivity index (χ0) is 8.81. The van der Waals surface area contributed by atoms with Crippen molar-refractivity contribution < 1.29 is 9.84 Å². The minimum atomic E-state index is -0.141. The fourth-order valence-corrected chi connectivity index (χ4v) is 1.75. The van der Waals surface area contributed by atoms with Crippen LogP contribution in [0, 0.1) is 0 Å². The second kappa shape index (κ2) is 5.55. The third kappa shape index (κ3) is 3.55. The summed E-state index contributed by atoms with van der Waals surface area (Å²) in [5.41, 5.74) is 0. The van der Waals surface area contributed by atoms with Crippen molar-refractivity contribution in [3.63, 3.8) is 0 Å². The van der Waals surface area contributed by atoms with E-state index in [4.69, 9.17) is 4.74 Å². The predicted octanol–water partition coefficient (Wildman–Crippen LogP) is 2.11. The molecule has 0 amide bonds. The van der Waals surface area contributed by atoms with E-state index < -0.39 is 0 Å². The Morgan fingerprint density at radius 2 is 2.33 bits per heavy atom. The summed E-state index contributed by atoms with van der Waals surface area (Å²) in [6, 6.07) is 0.